The van der Waals surface area contributed by atoms with Crippen LogP contribution in [-0.2, 0) is 0 Å². The van der Waals surface area contributed by atoms with Crippen LogP contribution in [0.1, 0.15) is 0 Å². The zero-order valence-electron chi connectivity index (χ0n) is 7.57. The highest BCUT2D eigenvalue weighted by atomic mass is 32.2. The van der Waals surface area contributed by atoms with Crippen LogP contribution in [0.5, 0.6) is 5.75 Å². The lowest BCUT2D eigenvalue weighted by Crippen LogP contribution is -2.03. The van der Waals surface area contributed by atoms with Crippen LogP contribution in [0.2, 0.25) is 0 Å². The first kappa shape index (κ1) is 9.15. The molecule has 1 aromatic carbocycles. The third-order valence-corrected chi connectivity index (χ3v) is 2.81. The molecule has 0 amide bonds. The van der Waals surface area contributed by atoms with E-state index < -0.39 is 5.56 Å². The molecule has 4 heteroatoms. The fourth-order valence-corrected chi connectivity index (χ4v) is 1.77. The minimum atomic E-state index is -0.448. The second-order valence-corrected chi connectivity index (χ2v) is 3.80. The van der Waals surface area contributed by atoms with Crippen LogP contribution in [0.3, 0.4) is 0 Å². The van der Waals surface area contributed by atoms with Gasteiger partial charge in [0.2, 0.25) is 0 Å². The zero-order chi connectivity index (χ0) is 10.1. The average Bonchev–Trinajstić information content (AvgIpc) is 2.23. The Labute approximate surface area is 84.8 Å². The number of aromatic amines is 1. The first-order chi connectivity index (χ1) is 6.72. The molecule has 1 aromatic heterocycles. The summed E-state index contributed by atoms with van der Waals surface area (Å²) < 4.78 is 0. The molecule has 2 N–H and O–H groups in total. The van der Waals surface area contributed by atoms with Crippen molar-refractivity contribution in [3.63, 3.8) is 0 Å². The van der Waals surface area contributed by atoms with Gasteiger partial charge < -0.3 is 10.1 Å². The van der Waals surface area contributed by atoms with Crippen LogP contribution >= 0.6 is 11.8 Å². The van der Waals surface area contributed by atoms with Crippen molar-refractivity contribution in [2.45, 2.75) is 4.90 Å². The molecular weight excluding hydrogens is 198 g/mol. The minimum absolute atomic E-state index is 0.210. The summed E-state index contributed by atoms with van der Waals surface area (Å²) in [7, 11) is 0. The van der Waals surface area contributed by atoms with E-state index in [2.05, 4.69) is 4.98 Å². The molecule has 0 spiro atoms. The monoisotopic (exact) mass is 207 g/mol. The zero-order valence-corrected chi connectivity index (χ0v) is 8.39. The standard InChI is InChI=1S/C10H9NO2S/c1-14-7-3-2-6-5-11-10(13)9(12)8(6)4-7/h2-5,12H,1H3,(H,11,13). The van der Waals surface area contributed by atoms with Crippen LogP contribution in [0.4, 0.5) is 0 Å². The van der Waals surface area contributed by atoms with Crippen molar-refractivity contribution in [3.05, 3.63) is 34.7 Å². The number of rotatable bonds is 1. The second kappa shape index (κ2) is 3.38. The predicted molar refractivity (Wildman–Crippen MR) is 58.0 cm³/mol. The Hall–Kier alpha value is -1.42. The highest BCUT2D eigenvalue weighted by Gasteiger charge is 2.04. The van der Waals surface area contributed by atoms with Gasteiger partial charge in [0, 0.05) is 21.9 Å². The van der Waals surface area contributed by atoms with E-state index >= 15 is 0 Å². The molecule has 2 aromatic rings. The normalized spacial score (nSPS) is 10.6. The van der Waals surface area contributed by atoms with Gasteiger partial charge in [-0.1, -0.05) is 6.07 Å². The fraction of sp³-hybridized carbons (Fsp3) is 0.100. The van der Waals surface area contributed by atoms with Crippen molar-refractivity contribution in [2.75, 3.05) is 6.26 Å². The van der Waals surface area contributed by atoms with Gasteiger partial charge in [0.05, 0.1) is 0 Å². The Bertz CT molecular complexity index is 533. The van der Waals surface area contributed by atoms with Gasteiger partial charge in [0.1, 0.15) is 0 Å². The number of aromatic nitrogens is 1. The largest absolute Gasteiger partial charge is 0.503 e. The van der Waals surface area contributed by atoms with Crippen molar-refractivity contribution in [1.82, 2.24) is 4.98 Å². The van der Waals surface area contributed by atoms with Gasteiger partial charge in [-0.2, -0.15) is 0 Å². The quantitative estimate of drug-likeness (QED) is 0.703. The highest BCUT2D eigenvalue weighted by molar-refractivity contribution is 7.98. The molecule has 0 unspecified atom stereocenters. The number of H-pyrrole nitrogens is 1. The molecule has 72 valence electrons. The van der Waals surface area contributed by atoms with Gasteiger partial charge in [0.25, 0.3) is 5.56 Å². The summed E-state index contributed by atoms with van der Waals surface area (Å²) in [5.41, 5.74) is -0.448. The summed E-state index contributed by atoms with van der Waals surface area (Å²) in [5, 5.41) is 11.0. The molecule has 0 saturated carbocycles. The molecule has 2 rings (SSSR count). The van der Waals surface area contributed by atoms with Gasteiger partial charge >= 0.3 is 0 Å². The average molecular weight is 207 g/mol. The van der Waals surface area contributed by atoms with E-state index in [4.69, 9.17) is 0 Å². The summed E-state index contributed by atoms with van der Waals surface area (Å²) >= 11 is 1.57. The molecule has 0 aliphatic carbocycles. The van der Waals surface area contributed by atoms with Crippen molar-refractivity contribution in [2.24, 2.45) is 0 Å². The van der Waals surface area contributed by atoms with Crippen molar-refractivity contribution in [3.8, 4) is 5.75 Å². The molecule has 0 fully saturated rings. The lowest BCUT2D eigenvalue weighted by atomic mass is 10.2. The predicted octanol–water partition coefficient (Wildman–Crippen LogP) is 1.96. The number of nitrogens with one attached hydrogen (secondary N) is 1. The van der Waals surface area contributed by atoms with E-state index in [1.807, 2.05) is 24.5 Å². The van der Waals surface area contributed by atoms with E-state index in [1.165, 1.54) is 0 Å². The van der Waals surface area contributed by atoms with E-state index in [0.717, 1.165) is 10.3 Å². The first-order valence-corrected chi connectivity index (χ1v) is 5.33. The Morgan fingerprint density at radius 3 is 2.93 bits per heavy atom. The van der Waals surface area contributed by atoms with Crippen LogP contribution in [0.25, 0.3) is 10.8 Å². The van der Waals surface area contributed by atoms with Gasteiger partial charge in [-0.15, -0.1) is 11.8 Å². The SMILES string of the molecule is CSc1ccc2c[nH]c(=O)c(O)c2c1. The number of hydrogen-bond acceptors (Lipinski definition) is 3. The molecule has 0 saturated heterocycles. The summed E-state index contributed by atoms with van der Waals surface area (Å²) in [6, 6.07) is 5.63. The fourth-order valence-electron chi connectivity index (χ4n) is 1.33. The second-order valence-electron chi connectivity index (χ2n) is 2.92. The Morgan fingerprint density at radius 1 is 1.43 bits per heavy atom. The minimum Gasteiger partial charge on any atom is -0.503 e. The maximum atomic E-state index is 11.1. The van der Waals surface area contributed by atoms with Crippen LogP contribution in [0, 0.1) is 0 Å². The van der Waals surface area contributed by atoms with E-state index in [1.54, 1.807) is 18.0 Å². The molecule has 0 atom stereocenters. The van der Waals surface area contributed by atoms with Crippen molar-refractivity contribution in [1.29, 1.82) is 0 Å². The van der Waals surface area contributed by atoms with Crippen molar-refractivity contribution < 1.29 is 5.11 Å². The third kappa shape index (κ3) is 1.37. The topological polar surface area (TPSA) is 53.1 Å². The molecule has 0 aliphatic heterocycles. The third-order valence-electron chi connectivity index (χ3n) is 2.09. The lowest BCUT2D eigenvalue weighted by molar-refractivity contribution is 0.473. The molecule has 1 heterocycles. The summed E-state index contributed by atoms with van der Waals surface area (Å²) in [5.74, 6) is -0.210. The maximum Gasteiger partial charge on any atom is 0.290 e. The Balaban J connectivity index is 2.84. The molecular formula is C10H9NO2S. The van der Waals surface area contributed by atoms with Crippen LogP contribution in [-0.4, -0.2) is 16.3 Å². The smallest absolute Gasteiger partial charge is 0.290 e. The molecule has 14 heavy (non-hydrogen) atoms. The number of hydrogen-bond donors (Lipinski definition) is 2. The number of fused-ring (bicyclic) bond motifs is 1. The Morgan fingerprint density at radius 2 is 2.21 bits per heavy atom. The molecule has 0 aliphatic rings. The summed E-state index contributed by atoms with van der Waals surface area (Å²) in [4.78, 5) is 14.6. The molecule has 0 radical (unpaired) electrons. The van der Waals surface area contributed by atoms with Crippen LogP contribution in [0.15, 0.2) is 34.1 Å². The summed E-state index contributed by atoms with van der Waals surface area (Å²) in [6.07, 6.45) is 3.55. The highest BCUT2D eigenvalue weighted by Crippen LogP contribution is 2.25. The molecule has 3 nitrogen and oxygen atoms in total. The van der Waals surface area contributed by atoms with E-state index in [0.29, 0.717) is 5.39 Å². The molecule has 0 bridgehead atoms. The number of thioether (sulfide) groups is 1. The lowest BCUT2D eigenvalue weighted by Gasteiger charge is -2.01. The number of aromatic hydroxyl groups is 1. The number of benzene rings is 1. The van der Waals surface area contributed by atoms with E-state index in [9.17, 15) is 9.90 Å². The van der Waals surface area contributed by atoms with Gasteiger partial charge in [-0.25, -0.2) is 0 Å². The van der Waals surface area contributed by atoms with Gasteiger partial charge in [-0.05, 0) is 18.4 Å². The van der Waals surface area contributed by atoms with Crippen LogP contribution < -0.4 is 5.56 Å². The van der Waals surface area contributed by atoms with Gasteiger partial charge in [-0.3, -0.25) is 4.79 Å². The van der Waals surface area contributed by atoms with E-state index in [-0.39, 0.29) is 5.75 Å². The maximum absolute atomic E-state index is 11.1. The Kier molecular flexibility index (Phi) is 2.21. The van der Waals surface area contributed by atoms with Crippen molar-refractivity contribution >= 4 is 22.5 Å². The first-order valence-electron chi connectivity index (χ1n) is 4.11. The number of pyridine rings is 1. The summed E-state index contributed by atoms with van der Waals surface area (Å²) in [6.45, 7) is 0. The van der Waals surface area contributed by atoms with Gasteiger partial charge in [0.15, 0.2) is 5.75 Å².